The summed E-state index contributed by atoms with van der Waals surface area (Å²) in [6.45, 7) is 8.14. The van der Waals surface area contributed by atoms with E-state index in [0.29, 0.717) is 31.2 Å². The molecule has 1 fully saturated rings. The Balaban J connectivity index is 1.29. The van der Waals surface area contributed by atoms with E-state index in [4.69, 9.17) is 0 Å². The molecule has 0 aliphatic carbocycles. The molecular formula is C26H31F3N4O2. The maximum atomic E-state index is 14.0. The van der Waals surface area contributed by atoms with E-state index in [1.807, 2.05) is 17.0 Å². The lowest BCUT2D eigenvalue weighted by Gasteiger charge is -2.33. The molecule has 2 aromatic carbocycles. The Morgan fingerprint density at radius 1 is 0.943 bits per heavy atom. The first-order valence-electron chi connectivity index (χ1n) is 11.9. The average molecular weight is 489 g/mol. The van der Waals surface area contributed by atoms with E-state index in [2.05, 4.69) is 31.4 Å². The van der Waals surface area contributed by atoms with Crippen LogP contribution in [0.1, 0.15) is 56.2 Å². The number of hydrogen-bond donors (Lipinski definition) is 2. The zero-order valence-electron chi connectivity index (χ0n) is 20.3. The Hall–Kier alpha value is -3.23. The molecule has 4 amide bonds. The van der Waals surface area contributed by atoms with Crippen LogP contribution in [0.4, 0.5) is 28.4 Å². The van der Waals surface area contributed by atoms with Crippen LogP contribution in [-0.4, -0.2) is 41.5 Å². The summed E-state index contributed by atoms with van der Waals surface area (Å²) in [6, 6.07) is 7.97. The van der Waals surface area contributed by atoms with Crippen molar-refractivity contribution in [1.82, 2.24) is 15.1 Å². The van der Waals surface area contributed by atoms with Crippen molar-refractivity contribution < 1.29 is 22.8 Å². The summed E-state index contributed by atoms with van der Waals surface area (Å²) in [7, 11) is 0. The van der Waals surface area contributed by atoms with Crippen molar-refractivity contribution in [3.8, 4) is 0 Å². The molecule has 2 heterocycles. The van der Waals surface area contributed by atoms with Gasteiger partial charge in [-0.2, -0.15) is 0 Å². The van der Waals surface area contributed by atoms with Gasteiger partial charge < -0.3 is 20.4 Å². The molecule has 9 heteroatoms. The molecule has 0 aromatic heterocycles. The standard InChI is InChI=1S/C26H31F3N4O2/c1-26(2,3)15-30-24(34)32-10-8-17(9-11-32)16-4-6-19(7-5-16)31-25(35)33-13-18-12-21(27)23(29)22(28)20(18)14-33/h4-7,12,17H,8-11,13-15H2,1-3H3,(H,30,34)(H,31,35). The molecule has 35 heavy (non-hydrogen) atoms. The third kappa shape index (κ3) is 5.71. The summed E-state index contributed by atoms with van der Waals surface area (Å²) in [5.74, 6) is -3.68. The number of nitrogens with one attached hydrogen (secondary N) is 2. The fourth-order valence-electron chi connectivity index (χ4n) is 4.50. The van der Waals surface area contributed by atoms with Crippen molar-refractivity contribution >= 4 is 17.7 Å². The van der Waals surface area contributed by atoms with Crippen molar-refractivity contribution in [2.75, 3.05) is 25.0 Å². The third-order valence-electron chi connectivity index (χ3n) is 6.54. The lowest BCUT2D eigenvalue weighted by molar-refractivity contribution is 0.177. The van der Waals surface area contributed by atoms with Gasteiger partial charge in [0.2, 0.25) is 0 Å². The Morgan fingerprint density at radius 2 is 1.60 bits per heavy atom. The highest BCUT2D eigenvalue weighted by atomic mass is 19.2. The fraction of sp³-hybridized carbons (Fsp3) is 0.462. The summed E-state index contributed by atoms with van der Waals surface area (Å²) < 4.78 is 41.0. The summed E-state index contributed by atoms with van der Waals surface area (Å²) >= 11 is 0. The number of halogens is 3. The number of piperidine rings is 1. The van der Waals surface area contributed by atoms with Crippen LogP contribution in [0.3, 0.4) is 0 Å². The molecule has 0 unspecified atom stereocenters. The summed E-state index contributed by atoms with van der Waals surface area (Å²) in [4.78, 5) is 28.2. The molecule has 2 aromatic rings. The first-order valence-corrected chi connectivity index (χ1v) is 11.9. The van der Waals surface area contributed by atoms with Crippen molar-refractivity contribution in [3.05, 3.63) is 64.5 Å². The van der Waals surface area contributed by atoms with Gasteiger partial charge in [0.25, 0.3) is 0 Å². The van der Waals surface area contributed by atoms with Crippen molar-refractivity contribution in [1.29, 1.82) is 0 Å². The number of nitrogens with zero attached hydrogens (tertiary/aromatic N) is 2. The Bertz CT molecular complexity index is 1110. The highest BCUT2D eigenvalue weighted by Gasteiger charge is 2.30. The first kappa shape index (κ1) is 24.9. The maximum Gasteiger partial charge on any atom is 0.322 e. The maximum absolute atomic E-state index is 14.0. The minimum atomic E-state index is -1.52. The fourth-order valence-corrected chi connectivity index (χ4v) is 4.50. The Kier molecular flexibility index (Phi) is 6.96. The molecule has 0 radical (unpaired) electrons. The number of likely N-dealkylation sites (tertiary alicyclic amines) is 1. The van der Waals surface area contributed by atoms with E-state index in [-0.39, 0.29) is 35.7 Å². The molecule has 188 valence electrons. The number of amides is 4. The largest absolute Gasteiger partial charge is 0.337 e. The molecular weight excluding hydrogens is 457 g/mol. The Labute approximate surface area is 203 Å². The smallest absolute Gasteiger partial charge is 0.322 e. The number of carbonyl (C=O) groups excluding carboxylic acids is 2. The van der Waals surface area contributed by atoms with Gasteiger partial charge >= 0.3 is 12.1 Å². The van der Waals surface area contributed by atoms with Crippen LogP contribution in [0.25, 0.3) is 0 Å². The van der Waals surface area contributed by atoms with E-state index < -0.39 is 23.5 Å². The molecule has 2 aliphatic heterocycles. The van der Waals surface area contributed by atoms with Gasteiger partial charge in [0.1, 0.15) is 0 Å². The van der Waals surface area contributed by atoms with E-state index in [0.717, 1.165) is 24.5 Å². The second kappa shape index (κ2) is 9.79. The Morgan fingerprint density at radius 3 is 2.23 bits per heavy atom. The van der Waals surface area contributed by atoms with Crippen LogP contribution in [-0.2, 0) is 13.1 Å². The molecule has 2 aliphatic rings. The van der Waals surface area contributed by atoms with Gasteiger partial charge in [-0.15, -0.1) is 0 Å². The summed E-state index contributed by atoms with van der Waals surface area (Å²) in [5.41, 5.74) is 2.03. The minimum Gasteiger partial charge on any atom is -0.337 e. The second-order valence-electron chi connectivity index (χ2n) is 10.5. The van der Waals surface area contributed by atoms with Crippen LogP contribution in [0.5, 0.6) is 0 Å². The zero-order valence-corrected chi connectivity index (χ0v) is 20.3. The lowest BCUT2D eigenvalue weighted by Crippen LogP contribution is -2.46. The number of fused-ring (bicyclic) bond motifs is 1. The van der Waals surface area contributed by atoms with Crippen LogP contribution in [0.2, 0.25) is 0 Å². The van der Waals surface area contributed by atoms with Crippen LogP contribution >= 0.6 is 0 Å². The number of urea groups is 2. The highest BCUT2D eigenvalue weighted by molar-refractivity contribution is 5.89. The number of carbonyl (C=O) groups is 2. The number of benzene rings is 2. The van der Waals surface area contributed by atoms with Crippen molar-refractivity contribution in [2.24, 2.45) is 5.41 Å². The monoisotopic (exact) mass is 488 g/mol. The topological polar surface area (TPSA) is 64.7 Å². The van der Waals surface area contributed by atoms with E-state index in [1.54, 1.807) is 12.1 Å². The molecule has 0 saturated carbocycles. The lowest BCUT2D eigenvalue weighted by atomic mass is 9.89. The normalized spacial score (nSPS) is 16.3. The zero-order chi connectivity index (χ0) is 25.3. The number of rotatable bonds is 3. The van der Waals surface area contributed by atoms with E-state index in [9.17, 15) is 22.8 Å². The van der Waals surface area contributed by atoms with E-state index >= 15 is 0 Å². The van der Waals surface area contributed by atoms with Crippen LogP contribution in [0.15, 0.2) is 30.3 Å². The predicted molar refractivity (Wildman–Crippen MR) is 127 cm³/mol. The van der Waals surface area contributed by atoms with Gasteiger partial charge in [-0.25, -0.2) is 22.8 Å². The molecule has 0 atom stereocenters. The molecule has 0 spiro atoms. The molecule has 1 saturated heterocycles. The molecule has 2 N–H and O–H groups in total. The molecule has 0 bridgehead atoms. The van der Waals surface area contributed by atoms with Gasteiger partial charge in [-0.05, 0) is 53.5 Å². The van der Waals surface area contributed by atoms with E-state index in [1.165, 1.54) is 4.90 Å². The van der Waals surface area contributed by atoms with Crippen LogP contribution < -0.4 is 10.6 Å². The average Bonchev–Trinajstić information content (AvgIpc) is 3.25. The number of anilines is 1. The third-order valence-corrected chi connectivity index (χ3v) is 6.54. The second-order valence-corrected chi connectivity index (χ2v) is 10.5. The van der Waals surface area contributed by atoms with Crippen molar-refractivity contribution in [3.63, 3.8) is 0 Å². The minimum absolute atomic E-state index is 0.00725. The molecule has 4 rings (SSSR count). The van der Waals surface area contributed by atoms with Gasteiger partial charge in [0, 0.05) is 37.4 Å². The van der Waals surface area contributed by atoms with Gasteiger partial charge in [0.05, 0.1) is 6.54 Å². The highest BCUT2D eigenvalue weighted by Crippen LogP contribution is 2.31. The van der Waals surface area contributed by atoms with Gasteiger partial charge in [-0.3, -0.25) is 0 Å². The van der Waals surface area contributed by atoms with Crippen molar-refractivity contribution in [2.45, 2.75) is 52.6 Å². The number of hydrogen-bond acceptors (Lipinski definition) is 2. The summed E-state index contributed by atoms with van der Waals surface area (Å²) in [5, 5.41) is 5.76. The first-order chi connectivity index (χ1) is 16.5. The van der Waals surface area contributed by atoms with Gasteiger partial charge in [-0.1, -0.05) is 32.9 Å². The SMILES string of the molecule is CC(C)(C)CNC(=O)N1CCC(c2ccc(NC(=O)N3Cc4cc(F)c(F)c(F)c4C3)cc2)CC1. The predicted octanol–water partition coefficient (Wildman–Crippen LogP) is 5.59. The summed E-state index contributed by atoms with van der Waals surface area (Å²) in [6.07, 6.45) is 1.72. The van der Waals surface area contributed by atoms with Crippen LogP contribution in [0, 0.1) is 22.9 Å². The molecule has 6 nitrogen and oxygen atoms in total. The van der Waals surface area contributed by atoms with Gasteiger partial charge in [0.15, 0.2) is 17.5 Å². The quantitative estimate of drug-likeness (QED) is 0.554.